The molecule has 46 heavy (non-hydrogen) atoms. The van der Waals surface area contributed by atoms with Crippen molar-refractivity contribution in [3.8, 4) is 0 Å². The van der Waals surface area contributed by atoms with E-state index >= 15 is 0 Å². The summed E-state index contributed by atoms with van der Waals surface area (Å²) < 4.78 is 5.95. The van der Waals surface area contributed by atoms with Crippen molar-refractivity contribution in [2.24, 2.45) is 0 Å². The van der Waals surface area contributed by atoms with E-state index in [0.717, 1.165) is 49.8 Å². The summed E-state index contributed by atoms with van der Waals surface area (Å²) in [5.41, 5.74) is 6.18. The first kappa shape index (κ1) is 31.8. The normalized spacial score (nSPS) is 17.5. The van der Waals surface area contributed by atoms with Crippen molar-refractivity contribution >= 4 is 34.4 Å². The number of carbonyl (C=O) groups is 2. The van der Waals surface area contributed by atoms with Crippen molar-refractivity contribution < 1.29 is 14.0 Å². The SMILES string of the molecule is CC(C)c1ccc2oc(C(=O)N[C@H](C=C3CCC(c4ccccc4CN4CCCC4=O)CC3)Cc3ccc(Cl)cc3)cc(=O)c2c1. The lowest BCUT2D eigenvalue weighted by Crippen LogP contribution is -2.36. The highest BCUT2D eigenvalue weighted by Crippen LogP contribution is 2.38. The van der Waals surface area contributed by atoms with Crippen LogP contribution in [0.3, 0.4) is 0 Å². The second-order valence-electron chi connectivity index (χ2n) is 13.0. The molecule has 0 unspecified atom stereocenters. The van der Waals surface area contributed by atoms with Crippen molar-refractivity contribution in [2.75, 3.05) is 6.54 Å². The second kappa shape index (κ2) is 14.1. The maximum absolute atomic E-state index is 13.5. The number of halogens is 1. The van der Waals surface area contributed by atoms with Gasteiger partial charge in [-0.3, -0.25) is 14.4 Å². The van der Waals surface area contributed by atoms with Gasteiger partial charge in [0, 0.05) is 30.6 Å². The van der Waals surface area contributed by atoms with E-state index < -0.39 is 5.91 Å². The third kappa shape index (κ3) is 7.45. The fourth-order valence-corrected chi connectivity index (χ4v) is 6.94. The maximum atomic E-state index is 13.5. The van der Waals surface area contributed by atoms with Crippen molar-refractivity contribution in [3.63, 3.8) is 0 Å². The van der Waals surface area contributed by atoms with Gasteiger partial charge in [0.25, 0.3) is 5.91 Å². The fourth-order valence-electron chi connectivity index (χ4n) is 6.81. The summed E-state index contributed by atoms with van der Waals surface area (Å²) in [5.74, 6) is 0.547. The minimum atomic E-state index is -0.415. The van der Waals surface area contributed by atoms with Crippen LogP contribution in [0.1, 0.15) is 97.0 Å². The average Bonchev–Trinajstić information content (AvgIpc) is 3.46. The van der Waals surface area contributed by atoms with Gasteiger partial charge in [0.15, 0.2) is 11.2 Å². The maximum Gasteiger partial charge on any atom is 0.287 e. The van der Waals surface area contributed by atoms with Crippen LogP contribution in [-0.4, -0.2) is 29.3 Å². The fraction of sp³-hybridized carbons (Fsp3) is 0.359. The molecule has 6 nitrogen and oxygen atoms in total. The zero-order valence-electron chi connectivity index (χ0n) is 26.6. The molecule has 6 rings (SSSR count). The van der Waals surface area contributed by atoms with E-state index in [0.29, 0.717) is 41.3 Å². The third-order valence-corrected chi connectivity index (χ3v) is 9.67. The molecule has 1 saturated heterocycles. The molecular weight excluding hydrogens is 596 g/mol. The van der Waals surface area contributed by atoms with E-state index in [1.807, 2.05) is 41.3 Å². The molecule has 0 spiro atoms. The summed E-state index contributed by atoms with van der Waals surface area (Å²) in [6.07, 6.45) is 8.24. The molecule has 2 aliphatic rings. The average molecular weight is 637 g/mol. The molecule has 2 heterocycles. The Balaban J connectivity index is 1.19. The predicted molar refractivity (Wildman–Crippen MR) is 183 cm³/mol. The number of amides is 2. The van der Waals surface area contributed by atoms with Gasteiger partial charge >= 0.3 is 0 Å². The van der Waals surface area contributed by atoms with E-state index in [1.54, 1.807) is 6.07 Å². The first-order chi connectivity index (χ1) is 22.2. The lowest BCUT2D eigenvalue weighted by Gasteiger charge is -2.28. The Hall–Kier alpha value is -4.16. The molecule has 1 aliphatic carbocycles. The Labute approximate surface area is 275 Å². The van der Waals surface area contributed by atoms with Gasteiger partial charge in [0.1, 0.15) is 5.58 Å². The number of hydrogen-bond donors (Lipinski definition) is 1. The van der Waals surface area contributed by atoms with Crippen LogP contribution in [0.25, 0.3) is 11.0 Å². The van der Waals surface area contributed by atoms with Crippen LogP contribution in [0, 0.1) is 0 Å². The van der Waals surface area contributed by atoms with E-state index in [2.05, 4.69) is 49.5 Å². The van der Waals surface area contributed by atoms with Gasteiger partial charge in [-0.25, -0.2) is 0 Å². The molecule has 4 aromatic rings. The summed E-state index contributed by atoms with van der Waals surface area (Å²) in [4.78, 5) is 40.8. The van der Waals surface area contributed by atoms with E-state index in [9.17, 15) is 14.4 Å². The standard InChI is InChI=1S/C39H41ClN2O4/c1-25(2)29-15-18-36-34(22-29)35(43)23-37(46-36)39(45)41-32(21-27-11-16-31(40)17-12-27)20-26-9-13-28(14-10-26)33-7-4-3-6-30(33)24-42-19-5-8-38(42)44/h3-4,6-7,11-12,15-18,20,22-23,25,28,32H,5,8-10,13-14,19,21,24H2,1-2H3,(H,41,45)/t28?,32-/m1/s1. The molecule has 1 aromatic heterocycles. The van der Waals surface area contributed by atoms with E-state index in [1.165, 1.54) is 22.8 Å². The molecule has 1 aliphatic heterocycles. The number of allylic oxidation sites excluding steroid dienone is 1. The van der Waals surface area contributed by atoms with Gasteiger partial charge in [0.05, 0.1) is 11.4 Å². The van der Waals surface area contributed by atoms with Crippen LogP contribution < -0.4 is 10.7 Å². The van der Waals surface area contributed by atoms with Crippen LogP contribution in [0.15, 0.2) is 93.7 Å². The lowest BCUT2D eigenvalue weighted by molar-refractivity contribution is -0.128. The molecule has 7 heteroatoms. The highest BCUT2D eigenvalue weighted by molar-refractivity contribution is 6.30. The number of likely N-dealkylation sites (tertiary alicyclic amines) is 1. The number of benzene rings is 3. The highest BCUT2D eigenvalue weighted by atomic mass is 35.5. The van der Waals surface area contributed by atoms with Gasteiger partial charge in [-0.05, 0) is 96.9 Å². The van der Waals surface area contributed by atoms with Crippen molar-refractivity contribution in [2.45, 2.75) is 83.2 Å². The summed E-state index contributed by atoms with van der Waals surface area (Å²) in [6, 6.07) is 22.8. The van der Waals surface area contributed by atoms with Gasteiger partial charge in [-0.2, -0.15) is 0 Å². The third-order valence-electron chi connectivity index (χ3n) is 9.42. The Bertz CT molecular complexity index is 1810. The predicted octanol–water partition coefficient (Wildman–Crippen LogP) is 8.32. The second-order valence-corrected chi connectivity index (χ2v) is 13.4. The summed E-state index contributed by atoms with van der Waals surface area (Å²) >= 11 is 6.14. The molecule has 1 atom stereocenters. The zero-order valence-corrected chi connectivity index (χ0v) is 27.3. The Morgan fingerprint density at radius 1 is 1.00 bits per heavy atom. The van der Waals surface area contributed by atoms with Crippen molar-refractivity contribution in [3.05, 3.63) is 128 Å². The summed E-state index contributed by atoms with van der Waals surface area (Å²) in [6.45, 7) is 5.68. The molecule has 1 N–H and O–H groups in total. The molecule has 1 saturated carbocycles. The molecule has 238 valence electrons. The van der Waals surface area contributed by atoms with Crippen LogP contribution in [-0.2, 0) is 17.8 Å². The number of nitrogens with zero attached hydrogens (tertiary/aromatic N) is 1. The Kier molecular flexibility index (Phi) is 9.74. The quantitative estimate of drug-likeness (QED) is 0.187. The smallest absolute Gasteiger partial charge is 0.287 e. The number of rotatable bonds is 9. The molecule has 0 bridgehead atoms. The molecule has 3 aromatic carbocycles. The lowest BCUT2D eigenvalue weighted by atomic mass is 9.79. The first-order valence-electron chi connectivity index (χ1n) is 16.4. The number of carbonyl (C=O) groups excluding carboxylic acids is 2. The van der Waals surface area contributed by atoms with Gasteiger partial charge in [-0.1, -0.05) is 79.6 Å². The monoisotopic (exact) mass is 636 g/mol. The van der Waals surface area contributed by atoms with Crippen LogP contribution in [0.5, 0.6) is 0 Å². The zero-order chi connectivity index (χ0) is 32.2. The van der Waals surface area contributed by atoms with E-state index in [4.69, 9.17) is 16.0 Å². The van der Waals surface area contributed by atoms with Crippen LogP contribution in [0.2, 0.25) is 5.02 Å². The molecular formula is C39H41ClN2O4. The number of nitrogens with one attached hydrogen (secondary N) is 1. The molecule has 0 radical (unpaired) electrons. The van der Waals surface area contributed by atoms with E-state index in [-0.39, 0.29) is 29.1 Å². The summed E-state index contributed by atoms with van der Waals surface area (Å²) in [7, 11) is 0. The number of fused-ring (bicyclic) bond motifs is 1. The summed E-state index contributed by atoms with van der Waals surface area (Å²) in [5, 5.41) is 4.28. The Morgan fingerprint density at radius 2 is 1.76 bits per heavy atom. The minimum absolute atomic E-state index is 0.00565. The van der Waals surface area contributed by atoms with Crippen molar-refractivity contribution in [1.82, 2.24) is 10.2 Å². The topological polar surface area (TPSA) is 79.6 Å². The van der Waals surface area contributed by atoms with Crippen molar-refractivity contribution in [1.29, 1.82) is 0 Å². The molecule has 2 fully saturated rings. The van der Waals surface area contributed by atoms with Crippen LogP contribution in [0.4, 0.5) is 0 Å². The molecule has 2 amide bonds. The minimum Gasteiger partial charge on any atom is -0.451 e. The Morgan fingerprint density at radius 3 is 2.48 bits per heavy atom. The first-order valence-corrected chi connectivity index (χ1v) is 16.8. The number of hydrogen-bond acceptors (Lipinski definition) is 4. The van der Waals surface area contributed by atoms with Crippen LogP contribution >= 0.6 is 11.6 Å². The van der Waals surface area contributed by atoms with Gasteiger partial charge in [-0.15, -0.1) is 0 Å². The highest BCUT2D eigenvalue weighted by Gasteiger charge is 2.25. The van der Waals surface area contributed by atoms with Gasteiger partial charge in [0.2, 0.25) is 5.91 Å². The largest absolute Gasteiger partial charge is 0.451 e. The van der Waals surface area contributed by atoms with Gasteiger partial charge < -0.3 is 14.6 Å².